The SMILES string of the molecule is CCCc1c(Cn2nc(C)c(-c3ccc(C#N)c(C)c3)c2C)nnn1-c1ccc([N+](=O)[O-])cc1. The first-order valence-corrected chi connectivity index (χ1v) is 11.1. The number of nitro groups is 1. The first kappa shape index (κ1) is 22.9. The topological polar surface area (TPSA) is 115 Å². The van der Waals surface area contributed by atoms with Gasteiger partial charge in [0.05, 0.1) is 40.2 Å². The molecule has 4 aromatic rings. The van der Waals surface area contributed by atoms with Gasteiger partial charge >= 0.3 is 0 Å². The van der Waals surface area contributed by atoms with Crippen LogP contribution in [0.15, 0.2) is 42.5 Å². The average molecular weight is 456 g/mol. The molecule has 0 spiro atoms. The first-order chi connectivity index (χ1) is 16.3. The Balaban J connectivity index is 1.70. The van der Waals surface area contributed by atoms with Gasteiger partial charge in [-0.3, -0.25) is 14.8 Å². The molecule has 0 amide bonds. The quantitative estimate of drug-likeness (QED) is 0.291. The molecule has 0 N–H and O–H groups in total. The zero-order chi connectivity index (χ0) is 24.4. The Bertz CT molecular complexity index is 1410. The van der Waals surface area contributed by atoms with Gasteiger partial charge in [0, 0.05) is 23.4 Å². The molecule has 9 heteroatoms. The molecule has 172 valence electrons. The standard InChI is InChI=1S/C25H25N7O2/c1-5-6-24-23(27-29-31(24)21-9-11-22(12-10-21)32(33)34)15-30-18(4)25(17(3)28-30)19-7-8-20(14-26)16(2)13-19/h7-13H,5-6,15H2,1-4H3. The Hall–Kier alpha value is -4.32. The van der Waals surface area contributed by atoms with Crippen LogP contribution in [0.2, 0.25) is 0 Å². The molecule has 2 heterocycles. The molecule has 4 rings (SSSR count). The highest BCUT2D eigenvalue weighted by atomic mass is 16.6. The second-order valence-electron chi connectivity index (χ2n) is 8.26. The van der Waals surface area contributed by atoms with Crippen molar-refractivity contribution in [1.82, 2.24) is 24.8 Å². The van der Waals surface area contributed by atoms with Gasteiger partial charge in [0.15, 0.2) is 0 Å². The molecule has 2 aromatic carbocycles. The van der Waals surface area contributed by atoms with Crippen molar-refractivity contribution >= 4 is 5.69 Å². The Morgan fingerprint density at radius 2 is 1.85 bits per heavy atom. The Morgan fingerprint density at radius 3 is 2.47 bits per heavy atom. The van der Waals surface area contributed by atoms with Crippen LogP contribution in [0.5, 0.6) is 0 Å². The molecule has 9 nitrogen and oxygen atoms in total. The van der Waals surface area contributed by atoms with Crippen molar-refractivity contribution < 1.29 is 4.92 Å². The van der Waals surface area contributed by atoms with Gasteiger partial charge in [0.2, 0.25) is 0 Å². The van der Waals surface area contributed by atoms with Crippen molar-refractivity contribution in [2.75, 3.05) is 0 Å². The predicted octanol–water partition coefficient (Wildman–Crippen LogP) is 4.84. The highest BCUT2D eigenvalue weighted by Gasteiger charge is 2.19. The van der Waals surface area contributed by atoms with Gasteiger partial charge in [-0.1, -0.05) is 24.6 Å². The third-order valence-electron chi connectivity index (χ3n) is 5.95. The molecule has 0 radical (unpaired) electrons. The smallest absolute Gasteiger partial charge is 0.263 e. The monoisotopic (exact) mass is 455 g/mol. The number of nitriles is 1. The van der Waals surface area contributed by atoms with Crippen LogP contribution in [0.1, 0.15) is 47.2 Å². The van der Waals surface area contributed by atoms with E-state index in [4.69, 9.17) is 5.10 Å². The Morgan fingerprint density at radius 1 is 1.12 bits per heavy atom. The Labute approximate surface area is 197 Å². The third-order valence-corrected chi connectivity index (χ3v) is 5.95. The lowest BCUT2D eigenvalue weighted by Gasteiger charge is -2.09. The van der Waals surface area contributed by atoms with Crippen LogP contribution in [0.4, 0.5) is 5.69 Å². The molecule has 2 aromatic heterocycles. The van der Waals surface area contributed by atoms with Gasteiger partial charge in [-0.15, -0.1) is 5.10 Å². The van der Waals surface area contributed by atoms with Crippen molar-refractivity contribution in [3.8, 4) is 22.9 Å². The van der Waals surface area contributed by atoms with Crippen molar-refractivity contribution in [3.05, 3.63) is 86.5 Å². The van der Waals surface area contributed by atoms with Crippen LogP contribution < -0.4 is 0 Å². The summed E-state index contributed by atoms with van der Waals surface area (Å²) in [6.07, 6.45) is 1.67. The van der Waals surface area contributed by atoms with Gasteiger partial charge < -0.3 is 0 Å². The molecule has 0 unspecified atom stereocenters. The molecule has 0 aliphatic heterocycles. The number of non-ortho nitro benzene ring substituents is 1. The van der Waals surface area contributed by atoms with Gasteiger partial charge in [-0.25, -0.2) is 4.68 Å². The number of benzene rings is 2. The molecule has 0 bridgehead atoms. The summed E-state index contributed by atoms with van der Waals surface area (Å²) in [7, 11) is 0. The fourth-order valence-electron chi connectivity index (χ4n) is 4.22. The van der Waals surface area contributed by atoms with Crippen LogP contribution in [-0.4, -0.2) is 29.7 Å². The molecule has 0 aliphatic carbocycles. The number of aromatic nitrogens is 5. The van der Waals surface area contributed by atoms with E-state index in [0.717, 1.165) is 58.0 Å². The van der Waals surface area contributed by atoms with E-state index in [1.54, 1.807) is 16.8 Å². The lowest BCUT2D eigenvalue weighted by atomic mass is 9.99. The molecule has 0 fully saturated rings. The molecule has 0 saturated carbocycles. The zero-order valence-corrected chi connectivity index (χ0v) is 19.6. The minimum absolute atomic E-state index is 0.0364. The fourth-order valence-corrected chi connectivity index (χ4v) is 4.22. The van der Waals surface area contributed by atoms with E-state index in [1.165, 1.54) is 12.1 Å². The van der Waals surface area contributed by atoms with Gasteiger partial charge in [-0.2, -0.15) is 10.4 Å². The van der Waals surface area contributed by atoms with Crippen molar-refractivity contribution in [3.63, 3.8) is 0 Å². The molecule has 34 heavy (non-hydrogen) atoms. The van der Waals surface area contributed by atoms with E-state index in [9.17, 15) is 15.4 Å². The highest BCUT2D eigenvalue weighted by molar-refractivity contribution is 5.70. The number of rotatable bonds is 7. The van der Waals surface area contributed by atoms with Gasteiger partial charge in [0.1, 0.15) is 5.69 Å². The van der Waals surface area contributed by atoms with Crippen LogP contribution in [0.25, 0.3) is 16.8 Å². The van der Waals surface area contributed by atoms with E-state index >= 15 is 0 Å². The zero-order valence-electron chi connectivity index (χ0n) is 19.6. The van der Waals surface area contributed by atoms with Gasteiger partial charge in [0.25, 0.3) is 5.69 Å². The van der Waals surface area contributed by atoms with Crippen molar-refractivity contribution in [2.45, 2.75) is 47.1 Å². The number of hydrogen-bond donors (Lipinski definition) is 0. The fraction of sp³-hybridized carbons (Fsp3) is 0.280. The van der Waals surface area contributed by atoms with Crippen LogP contribution in [0, 0.1) is 42.2 Å². The molecular weight excluding hydrogens is 430 g/mol. The van der Waals surface area contributed by atoms with Crippen molar-refractivity contribution in [1.29, 1.82) is 5.26 Å². The summed E-state index contributed by atoms with van der Waals surface area (Å²) in [6, 6.07) is 14.3. The maximum Gasteiger partial charge on any atom is 0.269 e. The van der Waals surface area contributed by atoms with Crippen LogP contribution in [0.3, 0.4) is 0 Å². The molecular formula is C25H25N7O2. The van der Waals surface area contributed by atoms with E-state index in [2.05, 4.69) is 23.3 Å². The lowest BCUT2D eigenvalue weighted by Crippen LogP contribution is -2.09. The maximum atomic E-state index is 11.0. The summed E-state index contributed by atoms with van der Waals surface area (Å²) < 4.78 is 3.68. The minimum atomic E-state index is -0.417. The number of nitrogens with zero attached hydrogens (tertiary/aromatic N) is 7. The van der Waals surface area contributed by atoms with Crippen molar-refractivity contribution in [2.24, 2.45) is 0 Å². The summed E-state index contributed by atoms with van der Waals surface area (Å²) in [5, 5.41) is 33.8. The molecule has 0 atom stereocenters. The Kier molecular flexibility index (Phi) is 6.23. The summed E-state index contributed by atoms with van der Waals surface area (Å²) in [4.78, 5) is 10.6. The lowest BCUT2D eigenvalue weighted by molar-refractivity contribution is -0.384. The summed E-state index contributed by atoms with van der Waals surface area (Å²) in [5.74, 6) is 0. The molecule has 0 aliphatic rings. The highest BCUT2D eigenvalue weighted by Crippen LogP contribution is 2.29. The first-order valence-electron chi connectivity index (χ1n) is 11.1. The number of nitro benzene ring substituents is 1. The minimum Gasteiger partial charge on any atom is -0.263 e. The summed E-state index contributed by atoms with van der Waals surface area (Å²) in [6.45, 7) is 8.50. The number of hydrogen-bond acceptors (Lipinski definition) is 6. The van der Waals surface area contributed by atoms with Crippen LogP contribution in [-0.2, 0) is 13.0 Å². The van der Waals surface area contributed by atoms with E-state index in [-0.39, 0.29) is 5.69 Å². The van der Waals surface area contributed by atoms with E-state index in [0.29, 0.717) is 12.1 Å². The summed E-state index contributed by atoms with van der Waals surface area (Å²) >= 11 is 0. The summed E-state index contributed by atoms with van der Waals surface area (Å²) in [5.41, 5.74) is 8.13. The average Bonchev–Trinajstić information content (AvgIpc) is 3.34. The molecule has 0 saturated heterocycles. The second-order valence-corrected chi connectivity index (χ2v) is 8.26. The number of aryl methyl sites for hydroxylation is 2. The maximum absolute atomic E-state index is 11.0. The van der Waals surface area contributed by atoms with E-state index in [1.807, 2.05) is 43.7 Å². The van der Waals surface area contributed by atoms with Gasteiger partial charge in [-0.05, 0) is 62.6 Å². The second kappa shape index (κ2) is 9.27. The van der Waals surface area contributed by atoms with E-state index < -0.39 is 4.92 Å². The predicted molar refractivity (Wildman–Crippen MR) is 128 cm³/mol. The van der Waals surface area contributed by atoms with Crippen LogP contribution >= 0.6 is 0 Å². The normalized spacial score (nSPS) is 10.9. The third kappa shape index (κ3) is 4.18. The largest absolute Gasteiger partial charge is 0.269 e.